The minimum Gasteiger partial charge on any atom is -0.376 e. The Balaban J connectivity index is 1.73. The normalized spacial score (nSPS) is 18.3. The van der Waals surface area contributed by atoms with E-state index in [1.807, 2.05) is 50.5 Å². The second-order valence-electron chi connectivity index (χ2n) is 6.05. The van der Waals surface area contributed by atoms with Crippen molar-refractivity contribution in [3.8, 4) is 0 Å². The molecule has 2 atom stereocenters. The van der Waals surface area contributed by atoms with Gasteiger partial charge in [0.2, 0.25) is 0 Å². The monoisotopic (exact) mass is 328 g/mol. The number of hydrogen-bond acceptors (Lipinski definition) is 3. The molecule has 0 aliphatic carbocycles. The molecule has 1 aliphatic rings. The van der Waals surface area contributed by atoms with Gasteiger partial charge in [-0.05, 0) is 24.8 Å². The third-order valence-electron chi connectivity index (χ3n) is 4.27. The van der Waals surface area contributed by atoms with Crippen molar-refractivity contribution in [1.82, 2.24) is 15.1 Å². The molecule has 2 N–H and O–H groups in total. The number of ether oxygens (including phenoxy) is 1. The Labute approximate surface area is 142 Å². The molecule has 1 aromatic heterocycles. The SMILES string of the molecule is CCc1nn(C)cc1NC(=O)N[C@@H](c1ccccc1)[C@@H]1CCCO1. The fraction of sp³-hybridized carbons (Fsp3) is 0.444. The van der Waals surface area contributed by atoms with E-state index in [1.165, 1.54) is 0 Å². The van der Waals surface area contributed by atoms with E-state index in [4.69, 9.17) is 4.74 Å². The standard InChI is InChI=1S/C18H24N4O2/c1-3-14-15(12-22(2)21-14)19-18(23)20-17(16-10-7-11-24-16)13-8-5-4-6-9-13/h4-6,8-9,12,16-17H,3,7,10-11H2,1-2H3,(H2,19,20,23)/t16-,17-/m0/s1. The molecule has 0 radical (unpaired) electrons. The van der Waals surface area contributed by atoms with E-state index >= 15 is 0 Å². The molecule has 0 saturated carbocycles. The van der Waals surface area contributed by atoms with Crippen molar-refractivity contribution in [2.75, 3.05) is 11.9 Å². The lowest BCUT2D eigenvalue weighted by Crippen LogP contribution is -2.38. The zero-order valence-corrected chi connectivity index (χ0v) is 14.2. The van der Waals surface area contributed by atoms with Gasteiger partial charge in [0.05, 0.1) is 23.5 Å². The first-order chi connectivity index (χ1) is 11.7. The molecule has 1 saturated heterocycles. The molecule has 24 heavy (non-hydrogen) atoms. The maximum atomic E-state index is 12.5. The van der Waals surface area contributed by atoms with Crippen LogP contribution in [-0.2, 0) is 18.2 Å². The maximum Gasteiger partial charge on any atom is 0.319 e. The van der Waals surface area contributed by atoms with E-state index in [9.17, 15) is 4.79 Å². The predicted octanol–water partition coefficient (Wildman–Crippen LogP) is 3.02. The lowest BCUT2D eigenvalue weighted by atomic mass is 9.99. The molecular weight excluding hydrogens is 304 g/mol. The highest BCUT2D eigenvalue weighted by atomic mass is 16.5. The predicted molar refractivity (Wildman–Crippen MR) is 92.9 cm³/mol. The van der Waals surface area contributed by atoms with Gasteiger partial charge in [-0.25, -0.2) is 4.79 Å². The molecule has 3 rings (SSSR count). The van der Waals surface area contributed by atoms with Gasteiger partial charge in [0.25, 0.3) is 0 Å². The fourth-order valence-corrected chi connectivity index (χ4v) is 3.12. The summed E-state index contributed by atoms with van der Waals surface area (Å²) in [7, 11) is 1.85. The van der Waals surface area contributed by atoms with Crippen molar-refractivity contribution in [2.24, 2.45) is 7.05 Å². The molecule has 0 spiro atoms. The minimum atomic E-state index is -0.234. The van der Waals surface area contributed by atoms with Crippen LogP contribution in [0, 0.1) is 0 Å². The molecule has 0 unspecified atom stereocenters. The summed E-state index contributed by atoms with van der Waals surface area (Å²) >= 11 is 0. The lowest BCUT2D eigenvalue weighted by Gasteiger charge is -2.24. The first-order valence-corrected chi connectivity index (χ1v) is 8.44. The van der Waals surface area contributed by atoms with Gasteiger partial charge >= 0.3 is 6.03 Å². The highest BCUT2D eigenvalue weighted by Gasteiger charge is 2.28. The quantitative estimate of drug-likeness (QED) is 0.886. The van der Waals surface area contributed by atoms with Crippen LogP contribution in [0.2, 0.25) is 0 Å². The van der Waals surface area contributed by atoms with E-state index in [1.54, 1.807) is 4.68 Å². The Kier molecular flexibility index (Phi) is 5.15. The Morgan fingerprint density at radius 2 is 2.21 bits per heavy atom. The number of aryl methyl sites for hydroxylation is 2. The van der Waals surface area contributed by atoms with Gasteiger partial charge in [-0.1, -0.05) is 37.3 Å². The van der Waals surface area contributed by atoms with Crippen LogP contribution in [-0.4, -0.2) is 28.5 Å². The number of benzene rings is 1. The Hall–Kier alpha value is -2.34. The molecule has 2 heterocycles. The van der Waals surface area contributed by atoms with Gasteiger partial charge in [0.15, 0.2) is 0 Å². The average Bonchev–Trinajstić information content (AvgIpc) is 3.23. The Morgan fingerprint density at radius 1 is 1.42 bits per heavy atom. The molecule has 1 fully saturated rings. The summed E-state index contributed by atoms with van der Waals surface area (Å²) in [6, 6.07) is 9.58. The number of rotatable bonds is 5. The van der Waals surface area contributed by atoms with Crippen molar-refractivity contribution in [1.29, 1.82) is 0 Å². The molecule has 1 aromatic carbocycles. The number of amides is 2. The smallest absolute Gasteiger partial charge is 0.319 e. The van der Waals surface area contributed by atoms with E-state index in [0.717, 1.165) is 42.8 Å². The summed E-state index contributed by atoms with van der Waals surface area (Å²) in [4.78, 5) is 12.5. The van der Waals surface area contributed by atoms with E-state index in [2.05, 4.69) is 15.7 Å². The topological polar surface area (TPSA) is 68.2 Å². The van der Waals surface area contributed by atoms with Gasteiger partial charge in [0, 0.05) is 19.9 Å². The second kappa shape index (κ2) is 7.49. The molecule has 2 aromatic rings. The first-order valence-electron chi connectivity index (χ1n) is 8.44. The Bertz CT molecular complexity index is 678. The Morgan fingerprint density at radius 3 is 2.88 bits per heavy atom. The number of aromatic nitrogens is 2. The summed E-state index contributed by atoms with van der Waals surface area (Å²) in [5.74, 6) is 0. The van der Waals surface area contributed by atoms with Crippen LogP contribution in [0.5, 0.6) is 0 Å². The molecule has 6 heteroatoms. The molecule has 6 nitrogen and oxygen atoms in total. The van der Waals surface area contributed by atoms with Gasteiger partial charge < -0.3 is 15.4 Å². The maximum absolute atomic E-state index is 12.5. The van der Waals surface area contributed by atoms with Gasteiger partial charge in [-0.3, -0.25) is 4.68 Å². The van der Waals surface area contributed by atoms with Crippen LogP contribution in [0.25, 0.3) is 0 Å². The molecule has 2 amide bonds. The average molecular weight is 328 g/mol. The van der Waals surface area contributed by atoms with Crippen molar-refractivity contribution in [3.05, 3.63) is 47.8 Å². The second-order valence-corrected chi connectivity index (χ2v) is 6.05. The first kappa shape index (κ1) is 16.5. The third kappa shape index (κ3) is 3.76. The summed E-state index contributed by atoms with van der Waals surface area (Å²) in [6.45, 7) is 2.77. The molecule has 0 bridgehead atoms. The van der Waals surface area contributed by atoms with Crippen LogP contribution >= 0.6 is 0 Å². The third-order valence-corrected chi connectivity index (χ3v) is 4.27. The molecular formula is C18H24N4O2. The van der Waals surface area contributed by atoms with Crippen molar-refractivity contribution >= 4 is 11.7 Å². The minimum absolute atomic E-state index is 0.0118. The van der Waals surface area contributed by atoms with Crippen LogP contribution in [0.4, 0.5) is 10.5 Å². The number of carbonyl (C=O) groups excluding carboxylic acids is 1. The van der Waals surface area contributed by atoms with E-state index in [-0.39, 0.29) is 18.2 Å². The summed E-state index contributed by atoms with van der Waals surface area (Å²) in [6.07, 6.45) is 4.58. The van der Waals surface area contributed by atoms with Crippen LogP contribution in [0.15, 0.2) is 36.5 Å². The van der Waals surface area contributed by atoms with E-state index < -0.39 is 0 Å². The number of nitrogens with zero attached hydrogens (tertiary/aromatic N) is 2. The summed E-state index contributed by atoms with van der Waals surface area (Å²) in [5, 5.41) is 10.3. The van der Waals surface area contributed by atoms with Crippen molar-refractivity contribution in [2.45, 2.75) is 38.3 Å². The zero-order chi connectivity index (χ0) is 16.9. The largest absolute Gasteiger partial charge is 0.376 e. The van der Waals surface area contributed by atoms with Gasteiger partial charge in [-0.2, -0.15) is 5.10 Å². The highest BCUT2D eigenvalue weighted by molar-refractivity contribution is 5.90. The summed E-state index contributed by atoms with van der Waals surface area (Å²) < 4.78 is 7.52. The van der Waals surface area contributed by atoms with Gasteiger partial charge in [0.1, 0.15) is 0 Å². The number of urea groups is 1. The van der Waals surface area contributed by atoms with E-state index in [0.29, 0.717) is 0 Å². The highest BCUT2D eigenvalue weighted by Crippen LogP contribution is 2.27. The molecule has 128 valence electrons. The number of hydrogen-bond donors (Lipinski definition) is 2. The van der Waals surface area contributed by atoms with Crippen LogP contribution in [0.3, 0.4) is 0 Å². The fourth-order valence-electron chi connectivity index (χ4n) is 3.12. The summed E-state index contributed by atoms with van der Waals surface area (Å²) in [5.41, 5.74) is 2.68. The number of nitrogens with one attached hydrogen (secondary N) is 2. The van der Waals surface area contributed by atoms with Gasteiger partial charge in [-0.15, -0.1) is 0 Å². The zero-order valence-electron chi connectivity index (χ0n) is 14.2. The molecule has 1 aliphatic heterocycles. The van der Waals surface area contributed by atoms with Crippen LogP contribution < -0.4 is 10.6 Å². The number of anilines is 1. The van der Waals surface area contributed by atoms with Crippen molar-refractivity contribution in [3.63, 3.8) is 0 Å². The number of carbonyl (C=O) groups is 1. The van der Waals surface area contributed by atoms with Crippen molar-refractivity contribution < 1.29 is 9.53 Å². The lowest BCUT2D eigenvalue weighted by molar-refractivity contribution is 0.0815. The van der Waals surface area contributed by atoms with Crippen LogP contribution in [0.1, 0.15) is 37.1 Å².